The molecule has 0 bridgehead atoms. The highest BCUT2D eigenvalue weighted by Crippen LogP contribution is 2.26. The van der Waals surface area contributed by atoms with E-state index in [2.05, 4.69) is 36.5 Å². The van der Waals surface area contributed by atoms with E-state index < -0.39 is 0 Å². The Morgan fingerprint density at radius 3 is 2.67 bits per heavy atom. The first-order chi connectivity index (χ1) is 10.2. The molecule has 2 nitrogen and oxygen atoms in total. The number of benzene rings is 2. The van der Waals surface area contributed by atoms with Crippen molar-refractivity contribution in [2.24, 2.45) is 0 Å². The van der Waals surface area contributed by atoms with Crippen molar-refractivity contribution < 1.29 is 9.13 Å². The van der Waals surface area contributed by atoms with Gasteiger partial charge >= 0.3 is 0 Å². The number of hydrogen-bond donors (Lipinski definition) is 1. The summed E-state index contributed by atoms with van der Waals surface area (Å²) in [7, 11) is 0. The summed E-state index contributed by atoms with van der Waals surface area (Å²) < 4.78 is 19.3. The highest BCUT2D eigenvalue weighted by atomic mass is 19.1. The molecule has 2 aromatic rings. The highest BCUT2D eigenvalue weighted by molar-refractivity contribution is 5.21. The molecular weight excluding hydrogens is 265 g/mol. The van der Waals surface area contributed by atoms with Gasteiger partial charge in [-0.15, -0.1) is 0 Å². The standard InChI is InChI=1S/C18H20FNO/c1-13-18(15-8-5-9-16(19)11-15)21-12-17(20-13)10-14-6-3-2-4-7-14/h2-9,11,13,17-18,20H,10,12H2,1H3. The number of hydrogen-bond acceptors (Lipinski definition) is 2. The van der Waals surface area contributed by atoms with Gasteiger partial charge in [0.05, 0.1) is 12.7 Å². The Kier molecular flexibility index (Phi) is 4.32. The number of rotatable bonds is 3. The van der Waals surface area contributed by atoms with Crippen LogP contribution in [0.15, 0.2) is 54.6 Å². The lowest BCUT2D eigenvalue weighted by molar-refractivity contribution is -0.0245. The molecule has 1 aliphatic rings. The molecule has 0 radical (unpaired) electrons. The first-order valence-electron chi connectivity index (χ1n) is 7.39. The number of morpholine rings is 1. The molecule has 110 valence electrons. The van der Waals surface area contributed by atoms with Crippen LogP contribution in [0.3, 0.4) is 0 Å². The van der Waals surface area contributed by atoms with Gasteiger partial charge < -0.3 is 10.1 Å². The van der Waals surface area contributed by atoms with Crippen LogP contribution in [-0.2, 0) is 11.2 Å². The van der Waals surface area contributed by atoms with Gasteiger partial charge in [0.1, 0.15) is 5.82 Å². The topological polar surface area (TPSA) is 21.3 Å². The van der Waals surface area contributed by atoms with Crippen molar-refractivity contribution in [1.29, 1.82) is 0 Å². The molecule has 0 aliphatic carbocycles. The molecule has 0 amide bonds. The first kappa shape index (κ1) is 14.2. The second kappa shape index (κ2) is 6.37. The molecule has 3 rings (SSSR count). The fourth-order valence-electron chi connectivity index (χ4n) is 2.96. The molecule has 0 saturated carbocycles. The lowest BCUT2D eigenvalue weighted by Gasteiger charge is -2.36. The Balaban J connectivity index is 1.64. The minimum Gasteiger partial charge on any atom is -0.370 e. The van der Waals surface area contributed by atoms with E-state index in [0.29, 0.717) is 12.6 Å². The van der Waals surface area contributed by atoms with E-state index in [1.165, 1.54) is 11.6 Å². The lowest BCUT2D eigenvalue weighted by Crippen LogP contribution is -2.49. The largest absolute Gasteiger partial charge is 0.370 e. The average Bonchev–Trinajstić information content (AvgIpc) is 2.48. The molecule has 21 heavy (non-hydrogen) atoms. The number of nitrogens with one attached hydrogen (secondary N) is 1. The summed E-state index contributed by atoms with van der Waals surface area (Å²) in [5, 5.41) is 3.59. The minimum absolute atomic E-state index is 0.0901. The molecule has 1 N–H and O–H groups in total. The molecule has 1 heterocycles. The molecule has 3 unspecified atom stereocenters. The maximum atomic E-state index is 13.3. The zero-order valence-corrected chi connectivity index (χ0v) is 12.1. The maximum Gasteiger partial charge on any atom is 0.123 e. The van der Waals surface area contributed by atoms with Gasteiger partial charge in [-0.25, -0.2) is 4.39 Å². The van der Waals surface area contributed by atoms with E-state index in [1.807, 2.05) is 12.1 Å². The van der Waals surface area contributed by atoms with E-state index in [4.69, 9.17) is 4.74 Å². The number of halogens is 1. The second-order valence-electron chi connectivity index (χ2n) is 5.65. The predicted molar refractivity (Wildman–Crippen MR) is 81.6 cm³/mol. The van der Waals surface area contributed by atoms with Gasteiger partial charge in [-0.05, 0) is 36.6 Å². The van der Waals surface area contributed by atoms with Crippen molar-refractivity contribution in [3.8, 4) is 0 Å². The van der Waals surface area contributed by atoms with Gasteiger partial charge in [-0.3, -0.25) is 0 Å². The molecule has 1 aliphatic heterocycles. The van der Waals surface area contributed by atoms with E-state index in [0.717, 1.165) is 12.0 Å². The highest BCUT2D eigenvalue weighted by Gasteiger charge is 2.28. The van der Waals surface area contributed by atoms with E-state index in [1.54, 1.807) is 12.1 Å². The fourth-order valence-corrected chi connectivity index (χ4v) is 2.96. The smallest absolute Gasteiger partial charge is 0.123 e. The van der Waals surface area contributed by atoms with Crippen LogP contribution in [0.2, 0.25) is 0 Å². The van der Waals surface area contributed by atoms with Gasteiger partial charge in [0.15, 0.2) is 0 Å². The Bertz CT molecular complexity index is 587. The summed E-state index contributed by atoms with van der Waals surface area (Å²) in [4.78, 5) is 0. The lowest BCUT2D eigenvalue weighted by atomic mass is 9.98. The normalized spacial score (nSPS) is 25.7. The first-order valence-corrected chi connectivity index (χ1v) is 7.39. The molecular formula is C18H20FNO. The fraction of sp³-hybridized carbons (Fsp3) is 0.333. The quantitative estimate of drug-likeness (QED) is 0.932. The Morgan fingerprint density at radius 2 is 1.95 bits per heavy atom. The van der Waals surface area contributed by atoms with Gasteiger partial charge in [-0.2, -0.15) is 0 Å². The number of ether oxygens (including phenoxy) is 1. The van der Waals surface area contributed by atoms with Crippen LogP contribution in [0.1, 0.15) is 24.2 Å². The van der Waals surface area contributed by atoms with Crippen molar-refractivity contribution in [3.05, 3.63) is 71.5 Å². The third-order valence-corrected chi connectivity index (χ3v) is 3.93. The molecule has 1 fully saturated rings. The molecule has 3 atom stereocenters. The van der Waals surface area contributed by atoms with Gasteiger partial charge in [0, 0.05) is 12.1 Å². The molecule has 0 spiro atoms. The SMILES string of the molecule is CC1NC(Cc2ccccc2)COC1c1cccc(F)c1. The van der Waals surface area contributed by atoms with Crippen LogP contribution in [-0.4, -0.2) is 18.7 Å². The second-order valence-corrected chi connectivity index (χ2v) is 5.65. The average molecular weight is 285 g/mol. The van der Waals surface area contributed by atoms with Gasteiger partial charge in [-0.1, -0.05) is 42.5 Å². The Morgan fingerprint density at radius 1 is 1.14 bits per heavy atom. The predicted octanol–water partition coefficient (Wildman–Crippen LogP) is 3.49. The van der Waals surface area contributed by atoms with Crippen LogP contribution >= 0.6 is 0 Å². The molecule has 1 saturated heterocycles. The monoisotopic (exact) mass is 285 g/mol. The molecule has 2 aromatic carbocycles. The van der Waals surface area contributed by atoms with Crippen LogP contribution in [0.4, 0.5) is 4.39 Å². The van der Waals surface area contributed by atoms with E-state index in [-0.39, 0.29) is 18.0 Å². The minimum atomic E-state index is -0.213. The van der Waals surface area contributed by atoms with E-state index in [9.17, 15) is 4.39 Å². The third-order valence-electron chi connectivity index (χ3n) is 3.93. The van der Waals surface area contributed by atoms with Gasteiger partial charge in [0.25, 0.3) is 0 Å². The van der Waals surface area contributed by atoms with Crippen molar-refractivity contribution in [3.63, 3.8) is 0 Å². The summed E-state index contributed by atoms with van der Waals surface area (Å²) in [5.74, 6) is -0.213. The summed E-state index contributed by atoms with van der Waals surface area (Å²) in [6.07, 6.45) is 0.855. The van der Waals surface area contributed by atoms with E-state index >= 15 is 0 Å². The van der Waals surface area contributed by atoms with Crippen molar-refractivity contribution in [1.82, 2.24) is 5.32 Å². The zero-order valence-electron chi connectivity index (χ0n) is 12.1. The third kappa shape index (κ3) is 3.49. The summed E-state index contributed by atoms with van der Waals surface area (Å²) >= 11 is 0. The molecule has 0 aromatic heterocycles. The summed E-state index contributed by atoms with van der Waals surface area (Å²) in [6, 6.07) is 17.5. The Hall–Kier alpha value is -1.71. The van der Waals surface area contributed by atoms with Crippen molar-refractivity contribution in [2.75, 3.05) is 6.61 Å². The van der Waals surface area contributed by atoms with Crippen molar-refractivity contribution >= 4 is 0 Å². The maximum absolute atomic E-state index is 13.3. The van der Waals surface area contributed by atoms with Crippen LogP contribution in [0, 0.1) is 5.82 Å². The summed E-state index contributed by atoms with van der Waals surface area (Å²) in [6.45, 7) is 2.73. The van der Waals surface area contributed by atoms with Crippen LogP contribution < -0.4 is 5.32 Å². The Labute approximate surface area is 125 Å². The summed E-state index contributed by atoms with van der Waals surface area (Å²) in [5.41, 5.74) is 2.20. The van der Waals surface area contributed by atoms with Crippen LogP contribution in [0.5, 0.6) is 0 Å². The molecule has 3 heteroatoms. The van der Waals surface area contributed by atoms with Crippen LogP contribution in [0.25, 0.3) is 0 Å². The van der Waals surface area contributed by atoms with Crippen molar-refractivity contribution in [2.45, 2.75) is 31.5 Å². The zero-order chi connectivity index (χ0) is 14.7. The van der Waals surface area contributed by atoms with Gasteiger partial charge in [0.2, 0.25) is 0 Å².